The Hall–Kier alpha value is -3.56. The monoisotopic (exact) mass is 303 g/mol. The third-order valence-corrected chi connectivity index (χ3v) is 2.56. The smallest absolute Gasteiger partial charge is 0.318 e. The van der Waals surface area contributed by atoms with Crippen molar-refractivity contribution in [3.05, 3.63) is 62.3 Å². The highest BCUT2D eigenvalue weighted by Gasteiger charge is 2.22. The van der Waals surface area contributed by atoms with E-state index in [1.807, 2.05) is 0 Å². The molecule has 2 aromatic rings. The van der Waals surface area contributed by atoms with Crippen LogP contribution in [0.3, 0.4) is 0 Å². The minimum Gasteiger partial charge on any atom is -0.502 e. The molecule has 0 atom stereocenters. The number of benzene rings is 1. The topological polar surface area (TPSA) is 144 Å². The number of hydrogen-bond donors (Lipinski definition) is 2. The van der Waals surface area contributed by atoms with Crippen LogP contribution in [-0.4, -0.2) is 26.2 Å². The maximum Gasteiger partial charge on any atom is 0.318 e. The molecule has 0 unspecified atom stereocenters. The summed E-state index contributed by atoms with van der Waals surface area (Å²) in [6.45, 7) is 0. The maximum absolute atomic E-state index is 10.8. The molecule has 0 fully saturated rings. The van der Waals surface area contributed by atoms with Gasteiger partial charge in [-0.25, -0.2) is 4.98 Å². The summed E-state index contributed by atoms with van der Waals surface area (Å²) in [6, 6.07) is 6.68. The number of hydrogen-bond acceptors (Lipinski definition) is 8. The van der Waals surface area contributed by atoms with Gasteiger partial charge in [0.15, 0.2) is 0 Å². The first-order valence-corrected chi connectivity index (χ1v) is 5.85. The number of non-ortho nitro benzene ring substituents is 1. The van der Waals surface area contributed by atoms with Crippen LogP contribution in [0, 0.1) is 20.2 Å². The molecule has 0 saturated heterocycles. The first-order chi connectivity index (χ1) is 10.5. The van der Waals surface area contributed by atoms with E-state index >= 15 is 0 Å². The molecule has 0 aliphatic rings. The van der Waals surface area contributed by atoms with Crippen molar-refractivity contribution in [2.75, 3.05) is 5.43 Å². The lowest BCUT2D eigenvalue weighted by Crippen LogP contribution is -1.98. The number of anilines is 1. The summed E-state index contributed by atoms with van der Waals surface area (Å²) in [7, 11) is 0. The Labute approximate surface area is 123 Å². The van der Waals surface area contributed by atoms with Gasteiger partial charge in [-0.1, -0.05) is 6.07 Å². The van der Waals surface area contributed by atoms with Gasteiger partial charge >= 0.3 is 5.69 Å². The van der Waals surface area contributed by atoms with Crippen molar-refractivity contribution in [2.45, 2.75) is 0 Å². The standard InChI is InChI=1S/C12H9N5O5/c18-12-8(7-14-15-11-3-1-2-4-13-11)5-9(16(19)20)6-10(12)17(21)22/h1-7,18H,(H,13,15)/b14-7+. The van der Waals surface area contributed by atoms with Gasteiger partial charge in [-0.2, -0.15) is 5.10 Å². The number of nitrogens with one attached hydrogen (secondary N) is 1. The summed E-state index contributed by atoms with van der Waals surface area (Å²) in [5.41, 5.74) is 1.07. The number of pyridine rings is 1. The number of nitrogens with zero attached hydrogens (tertiary/aromatic N) is 4. The van der Waals surface area contributed by atoms with Gasteiger partial charge in [-0.15, -0.1) is 0 Å². The van der Waals surface area contributed by atoms with E-state index in [2.05, 4.69) is 15.5 Å². The lowest BCUT2D eigenvalue weighted by atomic mass is 10.1. The van der Waals surface area contributed by atoms with Crippen LogP contribution >= 0.6 is 0 Å². The highest BCUT2D eigenvalue weighted by molar-refractivity contribution is 5.87. The van der Waals surface area contributed by atoms with Crippen LogP contribution in [0.1, 0.15) is 5.56 Å². The van der Waals surface area contributed by atoms with Gasteiger partial charge in [-0.05, 0) is 12.1 Å². The second-order valence-corrected chi connectivity index (χ2v) is 4.00. The molecule has 2 N–H and O–H groups in total. The van der Waals surface area contributed by atoms with Crippen molar-refractivity contribution in [1.29, 1.82) is 0 Å². The van der Waals surface area contributed by atoms with Crippen molar-refractivity contribution in [3.8, 4) is 5.75 Å². The van der Waals surface area contributed by atoms with Gasteiger partial charge in [0.2, 0.25) is 5.75 Å². The summed E-state index contributed by atoms with van der Waals surface area (Å²) in [5.74, 6) is -0.305. The Balaban J connectivity index is 2.33. The highest BCUT2D eigenvalue weighted by atomic mass is 16.6. The molecule has 1 aromatic heterocycles. The molecular weight excluding hydrogens is 294 g/mol. The van der Waals surface area contributed by atoms with Crippen LogP contribution in [0.25, 0.3) is 0 Å². The van der Waals surface area contributed by atoms with E-state index in [0.717, 1.165) is 12.3 Å². The van der Waals surface area contributed by atoms with E-state index in [4.69, 9.17) is 0 Å². The fourth-order valence-electron chi connectivity index (χ4n) is 1.57. The predicted molar refractivity (Wildman–Crippen MR) is 76.9 cm³/mol. The fourth-order valence-corrected chi connectivity index (χ4v) is 1.57. The molecule has 2 rings (SSSR count). The first-order valence-electron chi connectivity index (χ1n) is 5.85. The van der Waals surface area contributed by atoms with Crippen molar-refractivity contribution in [2.24, 2.45) is 5.10 Å². The summed E-state index contributed by atoms with van der Waals surface area (Å²) in [4.78, 5) is 23.8. The Morgan fingerprint density at radius 1 is 1.23 bits per heavy atom. The third-order valence-electron chi connectivity index (χ3n) is 2.56. The molecule has 0 aliphatic heterocycles. The molecule has 0 spiro atoms. The maximum atomic E-state index is 10.8. The van der Waals surface area contributed by atoms with E-state index in [1.165, 1.54) is 6.20 Å². The molecule has 10 heteroatoms. The van der Waals surface area contributed by atoms with E-state index < -0.39 is 27.0 Å². The van der Waals surface area contributed by atoms with Gasteiger partial charge in [0, 0.05) is 12.3 Å². The van der Waals surface area contributed by atoms with Crippen LogP contribution in [0.2, 0.25) is 0 Å². The normalized spacial score (nSPS) is 10.5. The summed E-state index contributed by atoms with van der Waals surface area (Å²) in [5, 5.41) is 35.1. The number of nitro benzene ring substituents is 2. The van der Waals surface area contributed by atoms with Crippen molar-refractivity contribution in [1.82, 2.24) is 4.98 Å². The summed E-state index contributed by atoms with van der Waals surface area (Å²) < 4.78 is 0. The highest BCUT2D eigenvalue weighted by Crippen LogP contribution is 2.33. The van der Waals surface area contributed by atoms with Crippen molar-refractivity contribution < 1.29 is 15.0 Å². The Bertz CT molecular complexity index is 747. The quantitative estimate of drug-likeness (QED) is 0.488. The number of phenols is 1. The minimum absolute atomic E-state index is 0.163. The Kier molecular flexibility index (Phi) is 4.22. The van der Waals surface area contributed by atoms with Crippen molar-refractivity contribution >= 4 is 23.4 Å². The molecule has 112 valence electrons. The number of hydrazone groups is 1. The number of aromatic nitrogens is 1. The lowest BCUT2D eigenvalue weighted by Gasteiger charge is -2.01. The van der Waals surface area contributed by atoms with E-state index in [0.29, 0.717) is 11.9 Å². The average molecular weight is 303 g/mol. The molecule has 0 amide bonds. The first kappa shape index (κ1) is 14.8. The van der Waals surface area contributed by atoms with Crippen LogP contribution in [0.4, 0.5) is 17.2 Å². The van der Waals surface area contributed by atoms with Gasteiger partial charge < -0.3 is 5.11 Å². The van der Waals surface area contributed by atoms with Gasteiger partial charge in [0.05, 0.1) is 27.7 Å². The number of nitro groups is 2. The fraction of sp³-hybridized carbons (Fsp3) is 0. The van der Waals surface area contributed by atoms with Crippen LogP contribution in [0.5, 0.6) is 5.75 Å². The molecule has 0 radical (unpaired) electrons. The molecule has 10 nitrogen and oxygen atoms in total. The molecule has 0 saturated carbocycles. The third kappa shape index (κ3) is 3.30. The molecule has 1 heterocycles. The number of phenolic OH excluding ortho intramolecular Hbond substituents is 1. The van der Waals surface area contributed by atoms with Crippen LogP contribution in [-0.2, 0) is 0 Å². The summed E-state index contributed by atoms with van der Waals surface area (Å²) >= 11 is 0. The average Bonchev–Trinajstić information content (AvgIpc) is 2.49. The molecule has 0 aliphatic carbocycles. The van der Waals surface area contributed by atoms with E-state index in [1.54, 1.807) is 18.2 Å². The zero-order valence-corrected chi connectivity index (χ0v) is 10.9. The van der Waals surface area contributed by atoms with Crippen LogP contribution in [0.15, 0.2) is 41.6 Å². The summed E-state index contributed by atoms with van der Waals surface area (Å²) in [6.07, 6.45) is 2.55. The largest absolute Gasteiger partial charge is 0.502 e. The Morgan fingerprint density at radius 3 is 2.59 bits per heavy atom. The number of rotatable bonds is 5. The Morgan fingerprint density at radius 2 is 2.00 bits per heavy atom. The molecule has 22 heavy (non-hydrogen) atoms. The van der Waals surface area contributed by atoms with Crippen LogP contribution < -0.4 is 5.43 Å². The van der Waals surface area contributed by atoms with E-state index in [-0.39, 0.29) is 5.56 Å². The molecule has 1 aromatic carbocycles. The minimum atomic E-state index is -0.911. The second-order valence-electron chi connectivity index (χ2n) is 4.00. The predicted octanol–water partition coefficient (Wildman–Crippen LogP) is 2.05. The second kappa shape index (κ2) is 6.26. The van der Waals surface area contributed by atoms with Crippen molar-refractivity contribution in [3.63, 3.8) is 0 Å². The van der Waals surface area contributed by atoms with Gasteiger partial charge in [0.1, 0.15) is 5.82 Å². The molecular formula is C12H9N5O5. The van der Waals surface area contributed by atoms with Gasteiger partial charge in [0.25, 0.3) is 5.69 Å². The zero-order valence-electron chi connectivity index (χ0n) is 10.9. The lowest BCUT2D eigenvalue weighted by molar-refractivity contribution is -0.394. The molecule has 0 bridgehead atoms. The van der Waals surface area contributed by atoms with E-state index in [9.17, 15) is 25.3 Å². The van der Waals surface area contributed by atoms with Gasteiger partial charge in [-0.3, -0.25) is 25.7 Å². The SMILES string of the molecule is O=[N+]([O-])c1cc(/C=N/Nc2ccccn2)c(O)c([N+](=O)[O-])c1. The zero-order chi connectivity index (χ0) is 16.1. The number of aromatic hydroxyl groups is 1.